The Balaban J connectivity index is 0.00000113. The van der Waals surface area contributed by atoms with Gasteiger partial charge in [-0.3, -0.25) is 0 Å². The summed E-state index contributed by atoms with van der Waals surface area (Å²) in [6, 6.07) is 13.5. The van der Waals surface area contributed by atoms with E-state index < -0.39 is 0 Å². The Kier molecular flexibility index (Phi) is 6.93. The van der Waals surface area contributed by atoms with Gasteiger partial charge in [-0.2, -0.15) is 0 Å². The maximum absolute atomic E-state index is 5.51. The van der Waals surface area contributed by atoms with E-state index in [4.69, 9.17) is 6.42 Å². The quantitative estimate of drug-likeness (QED) is 0.547. The predicted octanol–water partition coefficient (Wildman–Crippen LogP) is -0.780. The van der Waals surface area contributed by atoms with Crippen molar-refractivity contribution < 1.29 is 49.5 Å². The first-order chi connectivity index (χ1) is 11.3. The van der Waals surface area contributed by atoms with Crippen LogP contribution in [0.3, 0.4) is 0 Å². The van der Waals surface area contributed by atoms with Gasteiger partial charge >= 0.3 is 154 Å². The van der Waals surface area contributed by atoms with Crippen LogP contribution >= 0.6 is 0 Å². The van der Waals surface area contributed by atoms with Gasteiger partial charge in [-0.05, 0) is 0 Å². The second kappa shape index (κ2) is 8.55. The first kappa shape index (κ1) is 20.3. The zero-order valence-corrected chi connectivity index (χ0v) is 17.7. The minimum Gasteiger partial charge on any atom is -1.00 e. The van der Waals surface area contributed by atoms with Gasteiger partial charge in [0.15, 0.2) is 0 Å². The maximum Gasteiger partial charge on any atom is -1.00 e. The van der Waals surface area contributed by atoms with E-state index in [0.717, 1.165) is 19.3 Å². The summed E-state index contributed by atoms with van der Waals surface area (Å²) >= 11 is 1.56. The summed E-state index contributed by atoms with van der Waals surface area (Å²) in [5, 5.41) is 0. The standard InChI is InChI=1S/C22H17.2ClH.Zr/c1-2-3-8-17-13-14-19(16-9-4-5-10-16)21-15-18-11-6-7-12-20(18)22(17)21;;;/h1,4-7,9,11-15H,3,8,10H2;2*1H;/q;;;+2/p-2. The van der Waals surface area contributed by atoms with Gasteiger partial charge in [0.2, 0.25) is 0 Å². The fraction of sp³-hybridized carbons (Fsp3) is 0.182. The van der Waals surface area contributed by atoms with Gasteiger partial charge in [-0.1, -0.05) is 0 Å². The zero-order valence-electron chi connectivity index (χ0n) is 13.7. The van der Waals surface area contributed by atoms with Crippen molar-refractivity contribution in [2.75, 3.05) is 0 Å². The number of hydrogen-bond acceptors (Lipinski definition) is 0. The van der Waals surface area contributed by atoms with Crippen molar-refractivity contribution >= 4 is 5.57 Å². The van der Waals surface area contributed by atoms with Gasteiger partial charge in [-0.25, -0.2) is 0 Å². The number of terminal acetylenes is 1. The van der Waals surface area contributed by atoms with Gasteiger partial charge in [-0.15, -0.1) is 0 Å². The van der Waals surface area contributed by atoms with E-state index >= 15 is 0 Å². The Labute approximate surface area is 177 Å². The molecule has 0 aromatic heterocycles. The molecule has 0 radical (unpaired) electrons. The normalized spacial score (nSPS) is 16.2. The van der Waals surface area contributed by atoms with Crippen molar-refractivity contribution in [1.82, 2.24) is 0 Å². The molecule has 1 atom stereocenters. The summed E-state index contributed by atoms with van der Waals surface area (Å²) in [5.41, 5.74) is 10.2. The van der Waals surface area contributed by atoms with Crippen LogP contribution in [0.1, 0.15) is 38.7 Å². The molecule has 1 unspecified atom stereocenters. The van der Waals surface area contributed by atoms with Crippen LogP contribution in [-0.4, -0.2) is 0 Å². The number of halogens is 2. The number of rotatable bonds is 3. The Morgan fingerprint density at radius 3 is 2.60 bits per heavy atom. The number of hydrogen-bond donors (Lipinski definition) is 0. The third-order valence-electron chi connectivity index (χ3n) is 4.82. The Bertz CT molecular complexity index is 887. The summed E-state index contributed by atoms with van der Waals surface area (Å²) in [7, 11) is 0. The molecule has 0 saturated carbocycles. The van der Waals surface area contributed by atoms with E-state index in [0.29, 0.717) is 3.63 Å². The number of fused-ring (bicyclic) bond motifs is 3. The minimum absolute atomic E-state index is 0. The summed E-state index contributed by atoms with van der Waals surface area (Å²) < 4.78 is 0.538. The van der Waals surface area contributed by atoms with Gasteiger partial charge in [0.25, 0.3) is 0 Å². The van der Waals surface area contributed by atoms with Crippen LogP contribution in [0.5, 0.6) is 0 Å². The predicted molar refractivity (Wildman–Crippen MR) is 92.6 cm³/mol. The molecule has 25 heavy (non-hydrogen) atoms. The molecule has 0 bridgehead atoms. The van der Waals surface area contributed by atoms with Crippen molar-refractivity contribution in [2.24, 2.45) is 0 Å². The Morgan fingerprint density at radius 1 is 1.08 bits per heavy atom. The second-order valence-electron chi connectivity index (χ2n) is 6.11. The van der Waals surface area contributed by atoms with E-state index in [-0.39, 0.29) is 24.8 Å². The first-order valence-electron chi connectivity index (χ1n) is 8.07. The van der Waals surface area contributed by atoms with Crippen molar-refractivity contribution in [2.45, 2.75) is 22.9 Å². The molecule has 2 aliphatic rings. The molecule has 0 nitrogen and oxygen atoms in total. The first-order valence-corrected chi connectivity index (χ1v) is 9.49. The van der Waals surface area contributed by atoms with Crippen molar-refractivity contribution in [1.29, 1.82) is 0 Å². The van der Waals surface area contributed by atoms with Crippen LogP contribution in [0.4, 0.5) is 0 Å². The molecule has 0 amide bonds. The molecule has 3 heteroatoms. The van der Waals surface area contributed by atoms with E-state index in [1.165, 1.54) is 39.0 Å². The zero-order chi connectivity index (χ0) is 15.8. The van der Waals surface area contributed by atoms with Crippen molar-refractivity contribution in [3.63, 3.8) is 0 Å². The Hall–Kier alpha value is -1.06. The molecule has 123 valence electrons. The molecule has 4 rings (SSSR count). The molecule has 0 aliphatic heterocycles. The number of aryl methyl sites for hydroxylation is 1. The summed E-state index contributed by atoms with van der Waals surface area (Å²) in [4.78, 5) is 0. The van der Waals surface area contributed by atoms with Crippen LogP contribution in [0, 0.1) is 12.3 Å². The van der Waals surface area contributed by atoms with Crippen LogP contribution in [0.25, 0.3) is 16.7 Å². The molecule has 0 fully saturated rings. The smallest absolute Gasteiger partial charge is 1.00 e. The molecular formula is C22H17Cl2Zr. The summed E-state index contributed by atoms with van der Waals surface area (Å²) in [6.07, 6.45) is 15.0. The monoisotopic (exact) mass is 441 g/mol. The molecule has 2 aliphatic carbocycles. The molecule has 0 spiro atoms. The molecule has 2 aromatic carbocycles. The van der Waals surface area contributed by atoms with Gasteiger partial charge in [0.1, 0.15) is 0 Å². The van der Waals surface area contributed by atoms with Gasteiger partial charge in [0.05, 0.1) is 0 Å². The third kappa shape index (κ3) is 3.46. The van der Waals surface area contributed by atoms with Crippen LogP contribution in [0.2, 0.25) is 0 Å². The maximum atomic E-state index is 5.51. The second-order valence-corrected chi connectivity index (χ2v) is 7.53. The average Bonchev–Trinajstić information content (AvgIpc) is 3.21. The molecule has 0 heterocycles. The van der Waals surface area contributed by atoms with E-state index in [1.54, 1.807) is 24.7 Å². The number of benzene rings is 2. The van der Waals surface area contributed by atoms with Crippen LogP contribution in [0.15, 0.2) is 54.6 Å². The van der Waals surface area contributed by atoms with Gasteiger partial charge < -0.3 is 24.8 Å². The molecular weight excluding hydrogens is 426 g/mol. The van der Waals surface area contributed by atoms with Crippen LogP contribution < -0.4 is 24.8 Å². The fourth-order valence-electron chi connectivity index (χ4n) is 3.76. The van der Waals surface area contributed by atoms with E-state index in [2.05, 4.69) is 60.5 Å². The summed E-state index contributed by atoms with van der Waals surface area (Å²) in [6.45, 7) is 0. The van der Waals surface area contributed by atoms with Gasteiger partial charge in [0, 0.05) is 0 Å². The largest absolute Gasteiger partial charge is 1.00 e. The van der Waals surface area contributed by atoms with Crippen molar-refractivity contribution in [3.8, 4) is 23.5 Å². The molecule has 2 aromatic rings. The summed E-state index contributed by atoms with van der Waals surface area (Å²) in [5.74, 6) is 2.80. The number of allylic oxidation sites excluding steroid dienone is 4. The average molecular weight is 444 g/mol. The topological polar surface area (TPSA) is 0 Å². The van der Waals surface area contributed by atoms with E-state index in [9.17, 15) is 0 Å². The van der Waals surface area contributed by atoms with Crippen molar-refractivity contribution in [3.05, 3.63) is 76.9 Å². The third-order valence-corrected chi connectivity index (χ3v) is 6.29. The van der Waals surface area contributed by atoms with E-state index in [1.807, 2.05) is 0 Å². The van der Waals surface area contributed by atoms with Crippen LogP contribution in [-0.2, 0) is 31.1 Å². The molecule has 0 N–H and O–H groups in total. The molecule has 0 saturated heterocycles. The SMILES string of the molecule is C#CCCc1ccc(C2=CC=CC2)c2c1-c1ccccc1[CH]2[Zr+2].[Cl-].[Cl-]. The minimum atomic E-state index is 0. The fourth-order valence-corrected chi connectivity index (χ4v) is 5.11. The Morgan fingerprint density at radius 2 is 1.88 bits per heavy atom.